The molecule has 0 saturated carbocycles. The number of carbonyl (C=O) groups excluding carboxylic acids is 9. The summed E-state index contributed by atoms with van der Waals surface area (Å²) >= 11 is 0. The van der Waals surface area contributed by atoms with E-state index in [-0.39, 0.29) is 65.2 Å². The van der Waals surface area contributed by atoms with Crippen LogP contribution in [0.25, 0.3) is 0 Å². The summed E-state index contributed by atoms with van der Waals surface area (Å²) < 4.78 is 450. The van der Waals surface area contributed by atoms with Gasteiger partial charge in [-0.1, -0.05) is 300 Å². The summed E-state index contributed by atoms with van der Waals surface area (Å²) in [5.41, 5.74) is -4.88. The molecule has 0 aliphatic carbocycles. The van der Waals surface area contributed by atoms with Gasteiger partial charge in [0.15, 0.2) is 19.7 Å². The predicted molar refractivity (Wildman–Crippen MR) is 559 cm³/mol. The number of hydrogen-bond donors (Lipinski definition) is 12. The van der Waals surface area contributed by atoms with Crippen LogP contribution >= 0.6 is 0 Å². The number of aliphatic hydroxyl groups excluding tert-OH is 3. The number of aliphatic hydroxyl groups is 3. The van der Waals surface area contributed by atoms with E-state index in [9.17, 15) is 66.7 Å². The maximum Gasteiger partial charge on any atom is 0.318 e. The van der Waals surface area contributed by atoms with Gasteiger partial charge in [0.05, 0.1) is 69.3 Å². The second-order valence-corrected chi connectivity index (χ2v) is 32.7. The molecule has 3 aliphatic heterocycles. The molecule has 12 amide bonds. The molecule has 0 bridgehead atoms. The first-order valence-electron chi connectivity index (χ1n) is 69.7. The van der Waals surface area contributed by atoms with Gasteiger partial charge in [-0.3, -0.25) is 28.8 Å². The molecule has 0 unspecified atom stereocenters. The standard InChI is InChI=1S/3C37H48N4O5.3CH4/c3*1-25(2)34(41-20-12-19-38-37(41)45)36(44)39-30(21-28-15-7-5-8-16-28)23-32(42)31(22-29-17-9-6-10-18-29)40-33(43)24-46-35-26(3)13-11-14-27(35)4;;;/h3*5-11,13-18,25,30-32,34,42H,12,19-24H2,1-4H3,(H,38,45)(H,39,44)(H,40,43);3*1H4/t3*30-,31-,32-,34-;;;/m000.../s1/i3D3,4D3,6D,9D,10D,11D,13D,14D,17D,18D,22D2,24D2,31D;6D,9D,10D,12D2,17D,18D,19D2,20D2,22D2,24D2,31D;3D3,4D3,11D,12D2,13D,14D,19D2,20D2,24D2;;;. The summed E-state index contributed by atoms with van der Waals surface area (Å²) in [4.78, 5) is 126. The largest absolute Gasteiger partial charge is 0.483 e. The van der Waals surface area contributed by atoms with Crippen molar-refractivity contribution in [3.8, 4) is 17.2 Å². The molecule has 0 aromatic heterocycles. The zero-order chi connectivity index (χ0) is 145. The lowest BCUT2D eigenvalue weighted by Crippen LogP contribution is -2.59. The van der Waals surface area contributed by atoms with Gasteiger partial charge in [-0.05, 0) is 203 Å². The Morgan fingerprint density at radius 3 is 1.06 bits per heavy atom. The number of aryl methyl sites for hydroxylation is 2. The number of para-hydroxylation sites is 3. The van der Waals surface area contributed by atoms with E-state index in [1.54, 1.807) is 183 Å². The topological polar surface area (TPSA) is 360 Å². The molecule has 3 saturated heterocycles. The third-order valence-electron chi connectivity index (χ3n) is 21.1. The normalized spacial score (nSPS) is 24.3. The fourth-order valence-electron chi connectivity index (χ4n) is 14.7. The van der Waals surface area contributed by atoms with E-state index < -0.39 is 403 Å². The molecule has 9 aromatic rings. The fraction of sp³-hybridized carbons (Fsp3) is 0.447. The van der Waals surface area contributed by atoms with E-state index in [4.69, 9.17) is 77.3 Å². The van der Waals surface area contributed by atoms with Gasteiger partial charge in [0, 0.05) is 95.6 Å². The number of nitrogens with one attached hydrogen (secondary N) is 9. The van der Waals surface area contributed by atoms with Crippen LogP contribution in [0.3, 0.4) is 0 Å². The Labute approximate surface area is 909 Å². The Bertz CT molecular complexity index is 7930. The summed E-state index contributed by atoms with van der Waals surface area (Å²) in [6.45, 7) is -25.6. The quantitative estimate of drug-likeness (QED) is 0.0169. The van der Waals surface area contributed by atoms with Gasteiger partial charge >= 0.3 is 18.1 Å². The van der Waals surface area contributed by atoms with Crippen molar-refractivity contribution >= 4 is 53.5 Å². The SMILES string of the molecule is C.C.C.[2H]c1c([2H])c(C([2H])([2H])[2H])c(OC([2H])([2H])C(=O)N[C@@H](Cc2ccccc2)[C@@H](O)C[C@H](Cc2ccccc2)NC(=O)[C@H](C(C)C)N2C(=O)NC([2H])([2H])C([2H])([2H])C2([2H])[2H])c(C([2H])([2H])[2H])c1[2H].[2H]c1c([2H])c([2H])c(C([2H])([2H])[C@]([2H])(NC(=O)C([2H])([2H])Oc2c(C([2H])([2H])[2H])c([2H])c([2H])c([2H])c2C([2H])([2H])[2H])[C@@H](O)C[C@H](Cc2ccccc2)NC(=O)[C@H](C(C)C)N2CCCNC2=O)c([2H])c1[2H].[2H]c1c([2H])c([2H])c(C([2H])([2H])[C@]([2H])(NC(=O)C([2H])([2H])Oc2c(C)cccc2C)[C@@H](O)C[C@H](Cc2ccccc2)NC(=O)[C@H](C(C)C)N2C(=O)NC([2H])([2H])C([2H])([2H])C2([2H])[2H])c([2H])c1[2H]. The van der Waals surface area contributed by atoms with Crippen LogP contribution < -0.4 is 62.1 Å². The van der Waals surface area contributed by atoms with Crippen molar-refractivity contribution in [1.29, 1.82) is 0 Å². The van der Waals surface area contributed by atoms with Gasteiger partial charge in [0.25, 0.3) is 17.7 Å². The number of ether oxygens (including phenoxy) is 3. The van der Waals surface area contributed by atoms with E-state index in [0.29, 0.717) is 51.2 Å². The Kier molecular flexibility index (Phi) is 24.9. The first-order chi connectivity index (χ1) is 86.8. The number of hydrogen-bond acceptors (Lipinski definition) is 15. The monoisotopic (exact) mass is 1990 g/mol. The summed E-state index contributed by atoms with van der Waals surface area (Å²) in [6.07, 6.45) is -23.7. The third kappa shape index (κ3) is 36.5. The van der Waals surface area contributed by atoms with E-state index >= 15 is 0 Å². The van der Waals surface area contributed by atoms with Crippen LogP contribution in [0.1, 0.15) is 240 Å². The van der Waals surface area contributed by atoms with E-state index in [1.807, 2.05) is 5.32 Å². The minimum atomic E-state index is -4.11. The molecule has 141 heavy (non-hydrogen) atoms. The number of rotatable bonds is 45. The Morgan fingerprint density at radius 2 is 0.716 bits per heavy atom. The molecule has 762 valence electrons. The average molecular weight is 1990 g/mol. The van der Waals surface area contributed by atoms with E-state index in [1.165, 1.54) is 32.6 Å². The number of benzene rings is 9. The molecule has 9 aromatic carbocycles. The van der Waals surface area contributed by atoms with Crippen LogP contribution in [0.5, 0.6) is 17.2 Å². The molecule has 12 N–H and O–H groups in total. The molecule has 3 fully saturated rings. The van der Waals surface area contributed by atoms with Crippen LogP contribution in [-0.4, -0.2) is 215 Å². The van der Waals surface area contributed by atoms with Crippen molar-refractivity contribution < 1.29 is 144 Å². The minimum absolute atomic E-state index is 0. The van der Waals surface area contributed by atoms with Gasteiger partial charge in [0.1, 0.15) is 35.4 Å². The number of nitrogens with zero attached hydrogens (tertiary/aromatic N) is 3. The van der Waals surface area contributed by atoms with Gasteiger partial charge in [-0.25, -0.2) is 14.4 Å². The van der Waals surface area contributed by atoms with Crippen LogP contribution in [-0.2, 0) is 67.2 Å². The first kappa shape index (κ1) is 59.6. The maximum atomic E-state index is 14.3. The second-order valence-electron chi connectivity index (χ2n) is 32.7. The Hall–Kier alpha value is -13.1. The second kappa shape index (κ2) is 58.8. The third-order valence-corrected chi connectivity index (χ3v) is 21.1. The number of carbonyl (C=O) groups is 9. The van der Waals surface area contributed by atoms with Crippen molar-refractivity contribution in [2.24, 2.45) is 17.8 Å². The van der Waals surface area contributed by atoms with Crippen molar-refractivity contribution in [3.05, 3.63) is 303 Å². The predicted octanol–water partition coefficient (Wildman–Crippen LogP) is 14.9. The highest BCUT2D eigenvalue weighted by molar-refractivity contribution is 5.90. The van der Waals surface area contributed by atoms with E-state index in [0.717, 1.165) is 0 Å². The van der Waals surface area contributed by atoms with Crippen molar-refractivity contribution in [1.82, 2.24) is 62.6 Å². The molecular weight excluding hydrogens is 1780 g/mol. The lowest BCUT2D eigenvalue weighted by Gasteiger charge is -2.37. The lowest BCUT2D eigenvalue weighted by atomic mass is 9.92. The molecule has 27 heteroatoms. The zero-order valence-electron chi connectivity index (χ0n) is 128. The van der Waals surface area contributed by atoms with Crippen molar-refractivity contribution in [2.75, 3.05) is 58.8 Å². The summed E-state index contributed by atoms with van der Waals surface area (Å²) in [5.74, 6) is -14.0. The van der Waals surface area contributed by atoms with Crippen molar-refractivity contribution in [3.63, 3.8) is 0 Å². The van der Waals surface area contributed by atoms with Crippen LogP contribution in [0.4, 0.5) is 14.4 Å². The fourth-order valence-corrected chi connectivity index (χ4v) is 14.7. The molecule has 27 nitrogen and oxygen atoms in total. The molecule has 3 aliphatic rings. The molecule has 0 radical (unpaired) electrons. The first-order valence-corrected chi connectivity index (χ1v) is 43.7. The number of urea groups is 3. The smallest absolute Gasteiger partial charge is 0.318 e. The molecule has 0 spiro atoms. The van der Waals surface area contributed by atoms with Gasteiger partial charge in [0.2, 0.25) is 17.7 Å². The Morgan fingerprint density at radius 1 is 0.397 bits per heavy atom. The van der Waals surface area contributed by atoms with Crippen LogP contribution in [0.2, 0.25) is 0 Å². The van der Waals surface area contributed by atoms with Gasteiger partial charge in [-0.2, -0.15) is 0 Å². The van der Waals surface area contributed by atoms with Crippen LogP contribution in [0, 0.1) is 59.0 Å². The highest BCUT2D eigenvalue weighted by atomic mass is 16.5. The summed E-state index contributed by atoms with van der Waals surface area (Å²) in [7, 11) is 0. The average Bonchev–Trinajstić information content (AvgIpc) is 0.736. The Balaban J connectivity index is 0.000000382. The zero-order valence-corrected chi connectivity index (χ0v) is 76.4. The summed E-state index contributed by atoms with van der Waals surface area (Å²) in [5, 5.41) is 56.2. The maximum absolute atomic E-state index is 14.3. The minimum Gasteiger partial charge on any atom is -0.483 e. The number of amides is 12. The molecular formula is C114H156N12O15. The van der Waals surface area contributed by atoms with Crippen molar-refractivity contribution in [2.45, 2.75) is 255 Å². The van der Waals surface area contributed by atoms with Crippen LogP contribution in [0.15, 0.2) is 236 Å². The van der Waals surface area contributed by atoms with Gasteiger partial charge in [-0.15, -0.1) is 0 Å². The molecule has 12 rings (SSSR count). The van der Waals surface area contributed by atoms with E-state index in [2.05, 4.69) is 26.6 Å². The van der Waals surface area contributed by atoms with Gasteiger partial charge < -0.3 is 92.1 Å². The summed E-state index contributed by atoms with van der Waals surface area (Å²) in [6, 6.07) is -1.40. The molecule has 3 heterocycles. The lowest BCUT2D eigenvalue weighted by molar-refractivity contribution is -0.129. The highest BCUT2D eigenvalue weighted by Crippen LogP contribution is 2.29. The highest BCUT2D eigenvalue weighted by Gasteiger charge is 2.40. The molecule has 12 atom stereocenters.